The van der Waals surface area contributed by atoms with Crippen LogP contribution in [0, 0.1) is 0 Å². The highest BCUT2D eigenvalue weighted by Crippen LogP contribution is 2.21. The first-order valence-corrected chi connectivity index (χ1v) is 3.31. The second-order valence-electron chi connectivity index (χ2n) is 2.62. The zero-order valence-corrected chi connectivity index (χ0v) is 4.89. The standard InChI is InChI=1S/C6H11NO/c1-2-6-4-7-3-5(1)8-6/h5-7H,1-4H2/t5-,6?/m1/s1. The van der Waals surface area contributed by atoms with Crippen molar-refractivity contribution < 1.29 is 4.74 Å². The van der Waals surface area contributed by atoms with Crippen LogP contribution in [0.25, 0.3) is 0 Å². The Morgan fingerprint density at radius 2 is 1.75 bits per heavy atom. The van der Waals surface area contributed by atoms with Crippen molar-refractivity contribution in [3.05, 3.63) is 0 Å². The van der Waals surface area contributed by atoms with Crippen LogP contribution < -0.4 is 5.32 Å². The smallest absolute Gasteiger partial charge is 0.0704 e. The van der Waals surface area contributed by atoms with Gasteiger partial charge in [0.05, 0.1) is 12.2 Å². The molecule has 2 nitrogen and oxygen atoms in total. The molecular weight excluding hydrogens is 102 g/mol. The SMILES string of the molecule is C1C[C@@H]2CNCC1O2. The summed E-state index contributed by atoms with van der Waals surface area (Å²) in [7, 11) is 0. The lowest BCUT2D eigenvalue weighted by Crippen LogP contribution is -2.38. The Labute approximate surface area is 49.2 Å². The molecule has 2 heteroatoms. The third-order valence-electron chi connectivity index (χ3n) is 1.94. The van der Waals surface area contributed by atoms with Gasteiger partial charge in [0, 0.05) is 13.1 Å². The molecule has 0 amide bonds. The van der Waals surface area contributed by atoms with Crippen LogP contribution in [0.4, 0.5) is 0 Å². The third-order valence-corrected chi connectivity index (χ3v) is 1.94. The monoisotopic (exact) mass is 113 g/mol. The summed E-state index contributed by atoms with van der Waals surface area (Å²) in [6, 6.07) is 0. The van der Waals surface area contributed by atoms with Crippen molar-refractivity contribution in [3.8, 4) is 0 Å². The van der Waals surface area contributed by atoms with Gasteiger partial charge in [0.2, 0.25) is 0 Å². The van der Waals surface area contributed by atoms with Crippen LogP contribution in [0.5, 0.6) is 0 Å². The summed E-state index contributed by atoms with van der Waals surface area (Å²) in [5.41, 5.74) is 0. The van der Waals surface area contributed by atoms with Gasteiger partial charge >= 0.3 is 0 Å². The number of hydrogen-bond acceptors (Lipinski definition) is 2. The van der Waals surface area contributed by atoms with E-state index in [0.29, 0.717) is 12.2 Å². The molecule has 0 radical (unpaired) electrons. The van der Waals surface area contributed by atoms with Gasteiger partial charge in [-0.1, -0.05) is 0 Å². The lowest BCUT2D eigenvalue weighted by atomic mass is 10.2. The lowest BCUT2D eigenvalue weighted by molar-refractivity contribution is 0.0184. The van der Waals surface area contributed by atoms with Gasteiger partial charge in [-0.25, -0.2) is 0 Å². The summed E-state index contributed by atoms with van der Waals surface area (Å²) in [4.78, 5) is 0. The molecule has 0 aromatic heterocycles. The van der Waals surface area contributed by atoms with E-state index in [-0.39, 0.29) is 0 Å². The van der Waals surface area contributed by atoms with E-state index in [2.05, 4.69) is 5.32 Å². The average molecular weight is 113 g/mol. The summed E-state index contributed by atoms with van der Waals surface area (Å²) in [5, 5.41) is 3.32. The topological polar surface area (TPSA) is 21.3 Å². The van der Waals surface area contributed by atoms with Crippen LogP contribution in [0.3, 0.4) is 0 Å². The van der Waals surface area contributed by atoms with Crippen LogP contribution in [-0.4, -0.2) is 25.3 Å². The first kappa shape index (κ1) is 4.77. The van der Waals surface area contributed by atoms with Crippen LogP contribution in [0.1, 0.15) is 12.8 Å². The van der Waals surface area contributed by atoms with Crippen molar-refractivity contribution in [2.45, 2.75) is 25.0 Å². The lowest BCUT2D eigenvalue weighted by Gasteiger charge is -2.20. The highest BCUT2D eigenvalue weighted by molar-refractivity contribution is 4.81. The highest BCUT2D eigenvalue weighted by Gasteiger charge is 2.28. The maximum Gasteiger partial charge on any atom is 0.0704 e. The Morgan fingerprint density at radius 3 is 2.25 bits per heavy atom. The zero-order valence-electron chi connectivity index (χ0n) is 4.89. The first-order chi connectivity index (χ1) is 3.95. The van der Waals surface area contributed by atoms with Gasteiger partial charge in [0.1, 0.15) is 0 Å². The fraction of sp³-hybridized carbons (Fsp3) is 1.00. The predicted octanol–water partition coefficient (Wildman–Crippen LogP) is 0.137. The van der Waals surface area contributed by atoms with Crippen molar-refractivity contribution in [2.75, 3.05) is 13.1 Å². The van der Waals surface area contributed by atoms with Crippen LogP contribution in [0.2, 0.25) is 0 Å². The number of fused-ring (bicyclic) bond motifs is 2. The normalized spacial score (nSPS) is 45.0. The van der Waals surface area contributed by atoms with E-state index in [0.717, 1.165) is 13.1 Å². The third kappa shape index (κ3) is 0.644. The van der Waals surface area contributed by atoms with Crippen molar-refractivity contribution >= 4 is 0 Å². The molecule has 2 bridgehead atoms. The summed E-state index contributed by atoms with van der Waals surface area (Å²) >= 11 is 0. The molecular formula is C6H11NO. The largest absolute Gasteiger partial charge is 0.372 e. The Balaban J connectivity index is 2.03. The molecule has 2 heterocycles. The Bertz CT molecular complexity index is 80.5. The van der Waals surface area contributed by atoms with Crippen molar-refractivity contribution in [3.63, 3.8) is 0 Å². The maximum atomic E-state index is 5.53. The van der Waals surface area contributed by atoms with E-state index in [4.69, 9.17) is 4.74 Å². The van der Waals surface area contributed by atoms with Crippen molar-refractivity contribution in [2.24, 2.45) is 0 Å². The van der Waals surface area contributed by atoms with Gasteiger partial charge < -0.3 is 10.1 Å². The Morgan fingerprint density at radius 1 is 1.12 bits per heavy atom. The fourth-order valence-corrected chi connectivity index (χ4v) is 1.49. The van der Waals surface area contributed by atoms with Crippen molar-refractivity contribution in [1.82, 2.24) is 5.32 Å². The maximum absolute atomic E-state index is 5.53. The number of ether oxygens (including phenoxy) is 1. The molecule has 2 fully saturated rings. The van der Waals surface area contributed by atoms with Gasteiger partial charge in [0.25, 0.3) is 0 Å². The second kappa shape index (κ2) is 1.71. The summed E-state index contributed by atoms with van der Waals surface area (Å²) in [6.45, 7) is 2.16. The average Bonchev–Trinajstić information content (AvgIpc) is 2.12. The molecule has 46 valence electrons. The van der Waals surface area contributed by atoms with Crippen molar-refractivity contribution in [1.29, 1.82) is 0 Å². The molecule has 2 aliphatic heterocycles. The quantitative estimate of drug-likeness (QED) is 0.482. The number of morpholine rings is 1. The minimum atomic E-state index is 0.550. The fourth-order valence-electron chi connectivity index (χ4n) is 1.49. The van der Waals surface area contributed by atoms with E-state index in [1.54, 1.807) is 0 Å². The predicted molar refractivity (Wildman–Crippen MR) is 30.8 cm³/mol. The summed E-state index contributed by atoms with van der Waals surface area (Å²) in [6.07, 6.45) is 3.65. The summed E-state index contributed by atoms with van der Waals surface area (Å²) in [5.74, 6) is 0. The van der Waals surface area contributed by atoms with Gasteiger partial charge in [-0.15, -0.1) is 0 Å². The first-order valence-electron chi connectivity index (χ1n) is 3.31. The molecule has 2 atom stereocenters. The highest BCUT2D eigenvalue weighted by atomic mass is 16.5. The molecule has 8 heavy (non-hydrogen) atoms. The molecule has 0 saturated carbocycles. The van der Waals surface area contributed by atoms with Gasteiger partial charge in [-0.3, -0.25) is 0 Å². The van der Waals surface area contributed by atoms with E-state index in [1.165, 1.54) is 12.8 Å². The van der Waals surface area contributed by atoms with Crippen LogP contribution in [-0.2, 0) is 4.74 Å². The van der Waals surface area contributed by atoms with E-state index < -0.39 is 0 Å². The number of nitrogens with one attached hydrogen (secondary N) is 1. The van der Waals surface area contributed by atoms with E-state index >= 15 is 0 Å². The Hall–Kier alpha value is -0.0800. The summed E-state index contributed by atoms with van der Waals surface area (Å²) < 4.78 is 5.53. The van der Waals surface area contributed by atoms with Crippen LogP contribution in [0.15, 0.2) is 0 Å². The molecule has 2 aliphatic rings. The minimum Gasteiger partial charge on any atom is -0.372 e. The molecule has 1 N–H and O–H groups in total. The molecule has 0 aliphatic carbocycles. The van der Waals surface area contributed by atoms with Gasteiger partial charge in [-0.05, 0) is 12.8 Å². The van der Waals surface area contributed by atoms with Gasteiger partial charge in [0.15, 0.2) is 0 Å². The molecule has 2 rings (SSSR count). The molecule has 0 spiro atoms. The molecule has 2 saturated heterocycles. The number of rotatable bonds is 0. The minimum absolute atomic E-state index is 0.550. The van der Waals surface area contributed by atoms with E-state index in [9.17, 15) is 0 Å². The zero-order chi connectivity index (χ0) is 5.40. The van der Waals surface area contributed by atoms with Gasteiger partial charge in [-0.2, -0.15) is 0 Å². The second-order valence-corrected chi connectivity index (χ2v) is 2.62. The molecule has 0 aromatic carbocycles. The molecule has 1 unspecified atom stereocenters. The molecule has 0 aromatic rings. The van der Waals surface area contributed by atoms with E-state index in [1.807, 2.05) is 0 Å². The Kier molecular flexibility index (Phi) is 1.02. The number of hydrogen-bond donors (Lipinski definition) is 1. The van der Waals surface area contributed by atoms with Crippen LogP contribution >= 0.6 is 0 Å².